The predicted molar refractivity (Wildman–Crippen MR) is 140 cm³/mol. The molecule has 0 spiro atoms. The van der Waals surface area contributed by atoms with Crippen LogP contribution < -0.4 is 21.3 Å². The second-order valence-corrected chi connectivity index (χ2v) is 8.03. The van der Waals surface area contributed by atoms with E-state index in [-0.39, 0.29) is 35.6 Å². The Kier molecular flexibility index (Phi) is 12.3. The third-order valence-electron chi connectivity index (χ3n) is 4.03. The number of ether oxygens (including phenoxy) is 1. The number of aliphatic imine (C=N–C) groups is 1. The number of amides is 2. The highest BCUT2D eigenvalue weighted by Gasteiger charge is 2.15. The van der Waals surface area contributed by atoms with Gasteiger partial charge in [0.2, 0.25) is 0 Å². The molecule has 10 heteroatoms. The SMILES string of the molecule is CCNC(=NCc1ccc(NC(=O)c2ccco2)cc1)NCCCNC(=O)OC(C)(C)C.I. The van der Waals surface area contributed by atoms with Crippen molar-refractivity contribution in [2.24, 2.45) is 4.99 Å². The second kappa shape index (κ2) is 14.4. The maximum atomic E-state index is 12.0. The summed E-state index contributed by atoms with van der Waals surface area (Å²) >= 11 is 0. The molecule has 2 aromatic rings. The van der Waals surface area contributed by atoms with Gasteiger partial charge in [0.1, 0.15) is 5.60 Å². The van der Waals surface area contributed by atoms with Crippen molar-refractivity contribution < 1.29 is 18.7 Å². The number of carbonyl (C=O) groups is 2. The third kappa shape index (κ3) is 11.6. The topological polar surface area (TPSA) is 117 Å². The van der Waals surface area contributed by atoms with E-state index in [1.54, 1.807) is 12.1 Å². The largest absolute Gasteiger partial charge is 0.459 e. The van der Waals surface area contributed by atoms with Crippen LogP contribution in [0.1, 0.15) is 50.2 Å². The van der Waals surface area contributed by atoms with E-state index in [4.69, 9.17) is 9.15 Å². The molecule has 2 rings (SSSR count). The van der Waals surface area contributed by atoms with E-state index in [1.807, 2.05) is 52.0 Å². The van der Waals surface area contributed by atoms with E-state index < -0.39 is 11.7 Å². The zero-order valence-electron chi connectivity index (χ0n) is 19.6. The molecule has 0 aliphatic rings. The number of anilines is 1. The van der Waals surface area contributed by atoms with Gasteiger partial charge in [-0.2, -0.15) is 0 Å². The molecule has 0 aliphatic heterocycles. The van der Waals surface area contributed by atoms with Crippen molar-refractivity contribution in [2.45, 2.75) is 46.3 Å². The van der Waals surface area contributed by atoms with Crippen LogP contribution in [-0.4, -0.2) is 43.2 Å². The van der Waals surface area contributed by atoms with Gasteiger partial charge in [-0.25, -0.2) is 9.79 Å². The number of nitrogens with zero attached hydrogens (tertiary/aromatic N) is 1. The van der Waals surface area contributed by atoms with E-state index in [2.05, 4.69) is 26.3 Å². The van der Waals surface area contributed by atoms with Crippen molar-refractivity contribution in [2.75, 3.05) is 25.0 Å². The summed E-state index contributed by atoms with van der Waals surface area (Å²) in [6, 6.07) is 10.8. The van der Waals surface area contributed by atoms with Gasteiger partial charge in [-0.1, -0.05) is 12.1 Å². The molecule has 1 aromatic heterocycles. The molecule has 2 amide bonds. The molecule has 0 radical (unpaired) electrons. The molecule has 0 fully saturated rings. The first kappa shape index (κ1) is 28.3. The first-order chi connectivity index (χ1) is 15.3. The minimum atomic E-state index is -0.504. The van der Waals surface area contributed by atoms with Crippen LogP contribution in [0, 0.1) is 0 Å². The number of benzene rings is 1. The Hall–Kier alpha value is -2.76. The molecule has 0 aliphatic carbocycles. The van der Waals surface area contributed by atoms with Gasteiger partial charge < -0.3 is 30.4 Å². The molecule has 0 bridgehead atoms. The van der Waals surface area contributed by atoms with Gasteiger partial charge in [0.15, 0.2) is 11.7 Å². The maximum absolute atomic E-state index is 12.0. The molecular formula is C23H34IN5O4. The normalized spacial score (nSPS) is 11.2. The average Bonchev–Trinajstić information content (AvgIpc) is 3.26. The van der Waals surface area contributed by atoms with E-state index in [0.29, 0.717) is 31.3 Å². The Balaban J connectivity index is 0.00000544. The highest BCUT2D eigenvalue weighted by molar-refractivity contribution is 14.0. The van der Waals surface area contributed by atoms with Crippen LogP contribution >= 0.6 is 24.0 Å². The fraction of sp³-hybridized carbons (Fsp3) is 0.435. The van der Waals surface area contributed by atoms with Crippen molar-refractivity contribution in [3.05, 3.63) is 54.0 Å². The van der Waals surface area contributed by atoms with Gasteiger partial charge in [0.05, 0.1) is 12.8 Å². The molecule has 0 saturated carbocycles. The zero-order valence-corrected chi connectivity index (χ0v) is 21.9. The molecule has 4 N–H and O–H groups in total. The fourth-order valence-electron chi connectivity index (χ4n) is 2.61. The summed E-state index contributed by atoms with van der Waals surface area (Å²) in [5, 5.41) is 12.0. The van der Waals surface area contributed by atoms with Crippen LogP contribution in [0.25, 0.3) is 0 Å². The van der Waals surface area contributed by atoms with Crippen LogP contribution in [0.15, 0.2) is 52.1 Å². The summed E-state index contributed by atoms with van der Waals surface area (Å²) in [4.78, 5) is 28.2. The summed E-state index contributed by atoms with van der Waals surface area (Å²) in [6.45, 7) is 9.87. The number of carbonyl (C=O) groups excluding carboxylic acids is 2. The first-order valence-electron chi connectivity index (χ1n) is 10.7. The van der Waals surface area contributed by atoms with Crippen LogP contribution in [0.2, 0.25) is 0 Å². The average molecular weight is 571 g/mol. The van der Waals surface area contributed by atoms with Crippen LogP contribution in [0.5, 0.6) is 0 Å². The standard InChI is InChI=1S/C23H33N5O4.HI/c1-5-24-21(25-13-7-14-26-22(30)32-23(2,3)4)27-16-17-9-11-18(12-10-17)28-20(29)19-8-6-15-31-19;/h6,8-12,15H,5,7,13-14,16H2,1-4H3,(H,26,30)(H,28,29)(H2,24,25,27);1H. The van der Waals surface area contributed by atoms with Gasteiger partial charge in [0.25, 0.3) is 5.91 Å². The van der Waals surface area contributed by atoms with E-state index >= 15 is 0 Å². The van der Waals surface area contributed by atoms with Crippen LogP contribution in [-0.2, 0) is 11.3 Å². The van der Waals surface area contributed by atoms with Gasteiger partial charge in [-0.15, -0.1) is 24.0 Å². The lowest BCUT2D eigenvalue weighted by molar-refractivity contribution is 0.0527. The number of hydrogen-bond acceptors (Lipinski definition) is 5. The van der Waals surface area contributed by atoms with Gasteiger partial charge in [-0.3, -0.25) is 4.79 Å². The van der Waals surface area contributed by atoms with Crippen molar-refractivity contribution in [3.8, 4) is 0 Å². The fourth-order valence-corrected chi connectivity index (χ4v) is 2.61. The third-order valence-corrected chi connectivity index (χ3v) is 4.03. The highest BCUT2D eigenvalue weighted by Crippen LogP contribution is 2.12. The predicted octanol–water partition coefficient (Wildman–Crippen LogP) is 4.12. The lowest BCUT2D eigenvalue weighted by Crippen LogP contribution is -2.39. The summed E-state index contributed by atoms with van der Waals surface area (Å²) < 4.78 is 10.3. The first-order valence-corrected chi connectivity index (χ1v) is 10.7. The minimum absolute atomic E-state index is 0. The molecule has 9 nitrogen and oxygen atoms in total. The monoisotopic (exact) mass is 571 g/mol. The van der Waals surface area contributed by atoms with Gasteiger partial charge in [0, 0.05) is 25.3 Å². The van der Waals surface area contributed by atoms with Crippen molar-refractivity contribution in [1.82, 2.24) is 16.0 Å². The molecule has 1 heterocycles. The maximum Gasteiger partial charge on any atom is 0.407 e. The molecule has 0 saturated heterocycles. The Morgan fingerprint density at radius 3 is 2.33 bits per heavy atom. The van der Waals surface area contributed by atoms with Gasteiger partial charge >= 0.3 is 6.09 Å². The molecule has 1 aromatic carbocycles. The van der Waals surface area contributed by atoms with Crippen LogP contribution in [0.4, 0.5) is 10.5 Å². The number of nitrogens with one attached hydrogen (secondary N) is 4. The number of rotatable bonds is 9. The molecule has 182 valence electrons. The zero-order chi connectivity index (χ0) is 23.4. The number of alkyl carbamates (subject to hydrolysis) is 1. The smallest absolute Gasteiger partial charge is 0.407 e. The Morgan fingerprint density at radius 2 is 1.73 bits per heavy atom. The minimum Gasteiger partial charge on any atom is -0.459 e. The Labute approximate surface area is 212 Å². The molecule has 33 heavy (non-hydrogen) atoms. The second-order valence-electron chi connectivity index (χ2n) is 8.03. The van der Waals surface area contributed by atoms with E-state index in [9.17, 15) is 9.59 Å². The van der Waals surface area contributed by atoms with Crippen molar-refractivity contribution in [3.63, 3.8) is 0 Å². The Morgan fingerprint density at radius 1 is 1.03 bits per heavy atom. The number of guanidine groups is 1. The summed E-state index contributed by atoms with van der Waals surface area (Å²) in [7, 11) is 0. The molecule has 0 atom stereocenters. The van der Waals surface area contributed by atoms with Crippen LogP contribution in [0.3, 0.4) is 0 Å². The lowest BCUT2D eigenvalue weighted by Gasteiger charge is -2.19. The Bertz CT molecular complexity index is 877. The van der Waals surface area contributed by atoms with Crippen molar-refractivity contribution in [1.29, 1.82) is 0 Å². The highest BCUT2D eigenvalue weighted by atomic mass is 127. The number of hydrogen-bond donors (Lipinski definition) is 4. The molecular weight excluding hydrogens is 537 g/mol. The van der Waals surface area contributed by atoms with Crippen molar-refractivity contribution >= 4 is 47.6 Å². The summed E-state index contributed by atoms with van der Waals surface area (Å²) in [5.74, 6) is 0.668. The molecule has 0 unspecified atom stereocenters. The number of halogens is 1. The quantitative estimate of drug-likeness (QED) is 0.156. The van der Waals surface area contributed by atoms with Gasteiger partial charge in [-0.05, 0) is 63.9 Å². The number of furan rings is 1. The van der Waals surface area contributed by atoms with E-state index in [0.717, 1.165) is 18.5 Å². The van der Waals surface area contributed by atoms with E-state index in [1.165, 1.54) is 6.26 Å². The summed E-state index contributed by atoms with van der Waals surface area (Å²) in [6.07, 6.45) is 1.78. The lowest BCUT2D eigenvalue weighted by atomic mass is 10.2. The summed E-state index contributed by atoms with van der Waals surface area (Å²) in [5.41, 5.74) is 1.18.